The Bertz CT molecular complexity index is 838. The van der Waals surface area contributed by atoms with Crippen molar-refractivity contribution in [1.29, 1.82) is 0 Å². The first-order chi connectivity index (χ1) is 13.6. The van der Waals surface area contributed by atoms with Crippen LogP contribution in [0, 0.1) is 0 Å². The van der Waals surface area contributed by atoms with Crippen molar-refractivity contribution in [2.45, 2.75) is 30.7 Å². The summed E-state index contributed by atoms with van der Waals surface area (Å²) in [7, 11) is 0. The molecule has 1 N–H and O–H groups in total. The van der Waals surface area contributed by atoms with E-state index in [1.165, 1.54) is 0 Å². The molecule has 2 aliphatic heterocycles. The molecule has 28 heavy (non-hydrogen) atoms. The number of anilines is 1. The van der Waals surface area contributed by atoms with Crippen LogP contribution >= 0.6 is 23.2 Å². The monoisotopic (exact) mass is 418 g/mol. The highest BCUT2D eigenvalue weighted by Crippen LogP contribution is 2.41. The minimum atomic E-state index is -0.637. The molecule has 0 radical (unpaired) electrons. The fourth-order valence-corrected chi connectivity index (χ4v) is 4.92. The summed E-state index contributed by atoms with van der Waals surface area (Å²) in [5.74, 6) is 0.150. The molecule has 0 saturated carbocycles. The molecule has 6 heteroatoms. The second-order valence-electron chi connectivity index (χ2n) is 7.57. The normalized spacial score (nSPS) is 21.5. The Kier molecular flexibility index (Phi) is 5.81. The molecule has 2 heterocycles. The molecule has 1 amide bonds. The van der Waals surface area contributed by atoms with Gasteiger partial charge in [-0.25, -0.2) is 0 Å². The molecule has 0 spiro atoms. The minimum Gasteiger partial charge on any atom is -0.381 e. The molecule has 2 aromatic carbocycles. The average Bonchev–Trinajstić information content (AvgIpc) is 3.17. The lowest BCUT2D eigenvalue weighted by Crippen LogP contribution is -2.49. The quantitative estimate of drug-likeness (QED) is 0.778. The topological polar surface area (TPSA) is 41.6 Å². The number of para-hydroxylation sites is 1. The van der Waals surface area contributed by atoms with Gasteiger partial charge in [0.1, 0.15) is 0 Å². The number of carbonyl (C=O) groups excluding carboxylic acids is 1. The number of hydrogen-bond acceptors (Lipinski definition) is 3. The molecule has 2 aliphatic rings. The van der Waals surface area contributed by atoms with Crippen LogP contribution in [-0.2, 0) is 14.9 Å². The first-order valence-electron chi connectivity index (χ1n) is 9.73. The van der Waals surface area contributed by atoms with Crippen molar-refractivity contribution >= 4 is 34.8 Å². The smallest absolute Gasteiger partial charge is 0.233 e. The fourth-order valence-electron chi connectivity index (χ4n) is 4.33. The van der Waals surface area contributed by atoms with Crippen molar-refractivity contribution in [2.75, 3.05) is 31.6 Å². The van der Waals surface area contributed by atoms with Crippen LogP contribution in [0.1, 0.15) is 24.8 Å². The maximum atomic E-state index is 13.7. The van der Waals surface area contributed by atoms with Crippen LogP contribution in [0.3, 0.4) is 0 Å². The number of rotatable bonds is 4. The van der Waals surface area contributed by atoms with Crippen LogP contribution in [0.15, 0.2) is 48.5 Å². The van der Waals surface area contributed by atoms with Crippen LogP contribution in [0.25, 0.3) is 0 Å². The lowest BCUT2D eigenvalue weighted by atomic mass is 9.73. The molecule has 4 rings (SSSR count). The van der Waals surface area contributed by atoms with Gasteiger partial charge in [0, 0.05) is 48.1 Å². The number of likely N-dealkylation sites (tertiary alicyclic amines) is 1. The standard InChI is InChI=1S/C22H24Cl2N2O2/c23-16-6-7-19(20(24)14-16)22(9-12-28-13-10-22)21(27)26-11-8-18(15-26)25-17-4-2-1-3-5-17/h1-7,14,18,25H,8-13,15H2. The Morgan fingerprint density at radius 2 is 1.86 bits per heavy atom. The zero-order valence-corrected chi connectivity index (χ0v) is 17.2. The second-order valence-corrected chi connectivity index (χ2v) is 8.41. The predicted octanol–water partition coefficient (Wildman–Crippen LogP) is 4.75. The summed E-state index contributed by atoms with van der Waals surface area (Å²) in [5, 5.41) is 4.67. The van der Waals surface area contributed by atoms with Crippen molar-refractivity contribution in [3.63, 3.8) is 0 Å². The van der Waals surface area contributed by atoms with Gasteiger partial charge in [0.2, 0.25) is 5.91 Å². The van der Waals surface area contributed by atoms with Gasteiger partial charge in [-0.3, -0.25) is 4.79 Å². The molecule has 0 bridgehead atoms. The van der Waals surface area contributed by atoms with Gasteiger partial charge in [-0.2, -0.15) is 0 Å². The molecule has 1 atom stereocenters. The van der Waals surface area contributed by atoms with Crippen LogP contribution < -0.4 is 5.32 Å². The number of benzene rings is 2. The Labute approximate surface area is 175 Å². The lowest BCUT2D eigenvalue weighted by Gasteiger charge is -2.39. The van der Waals surface area contributed by atoms with Gasteiger partial charge in [0.15, 0.2) is 0 Å². The highest BCUT2D eigenvalue weighted by atomic mass is 35.5. The van der Waals surface area contributed by atoms with Crippen molar-refractivity contribution in [2.24, 2.45) is 0 Å². The Morgan fingerprint density at radius 1 is 1.11 bits per heavy atom. The molecule has 0 aliphatic carbocycles. The molecule has 0 aromatic heterocycles. The predicted molar refractivity (Wildman–Crippen MR) is 113 cm³/mol. The first kappa shape index (κ1) is 19.6. The summed E-state index contributed by atoms with van der Waals surface area (Å²) in [5.41, 5.74) is 1.32. The van der Waals surface area contributed by atoms with Gasteiger partial charge in [-0.05, 0) is 49.1 Å². The Hall–Kier alpha value is -1.75. The van der Waals surface area contributed by atoms with E-state index in [-0.39, 0.29) is 11.9 Å². The van der Waals surface area contributed by atoms with Crippen LogP contribution in [-0.4, -0.2) is 43.2 Å². The van der Waals surface area contributed by atoms with E-state index < -0.39 is 5.41 Å². The summed E-state index contributed by atoms with van der Waals surface area (Å²) >= 11 is 12.6. The van der Waals surface area contributed by atoms with E-state index >= 15 is 0 Å². The van der Waals surface area contributed by atoms with Gasteiger partial charge in [0.25, 0.3) is 0 Å². The third-order valence-corrected chi connectivity index (χ3v) is 6.37. The van der Waals surface area contributed by atoms with Crippen molar-refractivity contribution in [1.82, 2.24) is 4.90 Å². The Morgan fingerprint density at radius 3 is 2.57 bits per heavy atom. The molecule has 4 nitrogen and oxygen atoms in total. The number of amides is 1. The summed E-state index contributed by atoms with van der Waals surface area (Å²) < 4.78 is 5.57. The summed E-state index contributed by atoms with van der Waals surface area (Å²) in [6, 6.07) is 15.8. The first-order valence-corrected chi connectivity index (χ1v) is 10.5. The third-order valence-electron chi connectivity index (χ3n) is 5.82. The molecule has 2 fully saturated rings. The van der Waals surface area contributed by atoms with E-state index in [0.29, 0.717) is 42.6 Å². The van der Waals surface area contributed by atoms with Gasteiger partial charge >= 0.3 is 0 Å². The molecule has 2 aromatic rings. The number of halogens is 2. The molecule has 2 saturated heterocycles. The molecular formula is C22H24Cl2N2O2. The summed E-state index contributed by atoms with van der Waals surface area (Å²) in [6.45, 7) is 2.56. The van der Waals surface area contributed by atoms with E-state index in [1.807, 2.05) is 35.2 Å². The van der Waals surface area contributed by atoms with Crippen LogP contribution in [0.2, 0.25) is 10.0 Å². The Balaban J connectivity index is 1.55. The number of hydrogen-bond donors (Lipinski definition) is 1. The molecule has 148 valence electrons. The van der Waals surface area contributed by atoms with Gasteiger partial charge in [-0.1, -0.05) is 47.5 Å². The summed E-state index contributed by atoms with van der Waals surface area (Å²) in [4.78, 5) is 15.7. The minimum absolute atomic E-state index is 0.150. The highest BCUT2D eigenvalue weighted by molar-refractivity contribution is 6.35. The molecular weight excluding hydrogens is 395 g/mol. The van der Waals surface area contributed by atoms with Gasteiger partial charge in [0.05, 0.1) is 5.41 Å². The van der Waals surface area contributed by atoms with Crippen molar-refractivity contribution in [3.8, 4) is 0 Å². The number of nitrogens with one attached hydrogen (secondary N) is 1. The second kappa shape index (κ2) is 8.32. The maximum absolute atomic E-state index is 13.7. The lowest BCUT2D eigenvalue weighted by molar-refractivity contribution is -0.140. The highest BCUT2D eigenvalue weighted by Gasteiger charge is 2.46. The number of carbonyl (C=O) groups is 1. The average molecular weight is 419 g/mol. The third kappa shape index (κ3) is 3.86. The molecule has 1 unspecified atom stereocenters. The largest absolute Gasteiger partial charge is 0.381 e. The van der Waals surface area contributed by atoms with E-state index in [4.69, 9.17) is 27.9 Å². The van der Waals surface area contributed by atoms with Crippen molar-refractivity contribution < 1.29 is 9.53 Å². The van der Waals surface area contributed by atoms with Crippen LogP contribution in [0.4, 0.5) is 5.69 Å². The number of ether oxygens (including phenoxy) is 1. The summed E-state index contributed by atoms with van der Waals surface area (Å²) in [6.07, 6.45) is 2.21. The van der Waals surface area contributed by atoms with Gasteiger partial charge < -0.3 is 15.0 Å². The van der Waals surface area contributed by atoms with E-state index in [9.17, 15) is 4.79 Å². The zero-order chi connectivity index (χ0) is 19.6. The van der Waals surface area contributed by atoms with E-state index in [2.05, 4.69) is 17.4 Å². The van der Waals surface area contributed by atoms with Crippen molar-refractivity contribution in [3.05, 3.63) is 64.1 Å². The van der Waals surface area contributed by atoms with Gasteiger partial charge in [-0.15, -0.1) is 0 Å². The van der Waals surface area contributed by atoms with E-state index in [1.54, 1.807) is 6.07 Å². The maximum Gasteiger partial charge on any atom is 0.233 e. The number of nitrogens with zero attached hydrogens (tertiary/aromatic N) is 1. The van der Waals surface area contributed by atoms with E-state index in [0.717, 1.165) is 24.2 Å². The SMILES string of the molecule is O=C(N1CCC(Nc2ccccc2)C1)C1(c2ccc(Cl)cc2Cl)CCOCC1. The fraction of sp³-hybridized carbons (Fsp3) is 0.409. The zero-order valence-electron chi connectivity index (χ0n) is 15.7. The van der Waals surface area contributed by atoms with Crippen LogP contribution in [0.5, 0.6) is 0 Å².